The molecule has 7 heteroatoms. The fraction of sp³-hybridized carbons (Fsp3) is 0.174. The van der Waals surface area contributed by atoms with Crippen molar-refractivity contribution in [3.8, 4) is 0 Å². The highest BCUT2D eigenvalue weighted by Gasteiger charge is 2.27. The highest BCUT2D eigenvalue weighted by molar-refractivity contribution is 8.00. The Kier molecular flexibility index (Phi) is 6.52. The van der Waals surface area contributed by atoms with Crippen molar-refractivity contribution in [3.05, 3.63) is 88.4 Å². The van der Waals surface area contributed by atoms with E-state index in [0.717, 1.165) is 22.4 Å². The number of halogens is 1. The van der Waals surface area contributed by atoms with Crippen LogP contribution < -0.4 is 11.1 Å². The molecule has 0 saturated carbocycles. The van der Waals surface area contributed by atoms with Gasteiger partial charge in [0.1, 0.15) is 16.1 Å². The number of nitrogens with two attached hydrogens (primary N) is 1. The molecule has 30 heavy (non-hydrogen) atoms. The summed E-state index contributed by atoms with van der Waals surface area (Å²) in [5.41, 5.74) is 9.58. The van der Waals surface area contributed by atoms with E-state index in [1.165, 1.54) is 36.0 Å². The minimum absolute atomic E-state index is 0.314. The van der Waals surface area contributed by atoms with Crippen molar-refractivity contribution in [1.82, 2.24) is 4.98 Å². The van der Waals surface area contributed by atoms with Crippen molar-refractivity contribution >= 4 is 29.3 Å². The molecular weight excluding hydrogens is 401 g/mol. The summed E-state index contributed by atoms with van der Waals surface area (Å²) >= 11 is 1.17. The van der Waals surface area contributed by atoms with Crippen LogP contribution in [-0.4, -0.2) is 16.8 Å². The molecule has 1 atom stereocenters. The molecule has 0 bridgehead atoms. The third-order valence-electron chi connectivity index (χ3n) is 4.89. The summed E-state index contributed by atoms with van der Waals surface area (Å²) in [5.74, 6) is -1.29. The van der Waals surface area contributed by atoms with Gasteiger partial charge in [0.05, 0.1) is 5.56 Å². The van der Waals surface area contributed by atoms with E-state index in [1.807, 2.05) is 51.1 Å². The molecule has 0 aliphatic rings. The molecule has 1 heterocycles. The van der Waals surface area contributed by atoms with Gasteiger partial charge in [0.15, 0.2) is 0 Å². The van der Waals surface area contributed by atoms with Gasteiger partial charge in [-0.2, -0.15) is 0 Å². The molecule has 0 unspecified atom stereocenters. The van der Waals surface area contributed by atoms with Crippen LogP contribution in [0.2, 0.25) is 0 Å². The summed E-state index contributed by atoms with van der Waals surface area (Å²) < 4.78 is 13.2. The highest BCUT2D eigenvalue weighted by Crippen LogP contribution is 2.38. The first kappa shape index (κ1) is 21.5. The average molecular weight is 424 g/mol. The lowest BCUT2D eigenvalue weighted by Gasteiger charge is -2.20. The molecule has 3 aromatic rings. The molecule has 0 aliphatic heterocycles. The van der Waals surface area contributed by atoms with Crippen molar-refractivity contribution in [2.75, 3.05) is 5.32 Å². The molecule has 3 rings (SSSR count). The van der Waals surface area contributed by atoms with Crippen LogP contribution in [0.25, 0.3) is 0 Å². The first-order chi connectivity index (χ1) is 14.3. The normalized spacial score (nSPS) is 11.7. The van der Waals surface area contributed by atoms with Gasteiger partial charge in [-0.25, -0.2) is 9.37 Å². The lowest BCUT2D eigenvalue weighted by Crippen LogP contribution is -2.21. The van der Waals surface area contributed by atoms with Gasteiger partial charge in [0.25, 0.3) is 5.91 Å². The van der Waals surface area contributed by atoms with Crippen molar-refractivity contribution in [2.45, 2.75) is 31.0 Å². The molecule has 0 radical (unpaired) electrons. The van der Waals surface area contributed by atoms with Crippen LogP contribution in [0.4, 0.5) is 10.1 Å². The SMILES string of the molecule is Cc1nc(S[C@H](C(=O)Nc2ccc(F)cc2)c2ccccc2)c(C(N)=O)c(C)c1C. The zero-order chi connectivity index (χ0) is 21.8. The zero-order valence-corrected chi connectivity index (χ0v) is 17.7. The van der Waals surface area contributed by atoms with Crippen LogP contribution in [0.3, 0.4) is 0 Å². The molecule has 0 aliphatic carbocycles. The summed E-state index contributed by atoms with van der Waals surface area (Å²) in [7, 11) is 0. The van der Waals surface area contributed by atoms with E-state index in [1.54, 1.807) is 0 Å². The number of rotatable bonds is 6. The molecule has 154 valence electrons. The van der Waals surface area contributed by atoms with Crippen molar-refractivity contribution in [2.24, 2.45) is 5.73 Å². The van der Waals surface area contributed by atoms with Gasteiger partial charge in [0, 0.05) is 11.4 Å². The standard InChI is InChI=1S/C23H22FN3O2S/c1-13-14(2)19(21(25)28)23(26-15(13)3)30-20(16-7-5-4-6-8-16)22(29)27-18-11-9-17(24)10-12-18/h4-12,20H,1-3H3,(H2,25,28)(H,27,29)/t20-/m0/s1. The summed E-state index contributed by atoms with van der Waals surface area (Å²) in [4.78, 5) is 29.9. The van der Waals surface area contributed by atoms with Crippen molar-refractivity contribution in [3.63, 3.8) is 0 Å². The number of carbonyl (C=O) groups is 2. The second-order valence-electron chi connectivity index (χ2n) is 6.90. The van der Waals surface area contributed by atoms with Crippen LogP contribution in [0.5, 0.6) is 0 Å². The van der Waals surface area contributed by atoms with Gasteiger partial charge in [-0.05, 0) is 61.7 Å². The number of benzene rings is 2. The number of aromatic nitrogens is 1. The van der Waals surface area contributed by atoms with Crippen LogP contribution in [0.15, 0.2) is 59.6 Å². The van der Waals surface area contributed by atoms with Crippen LogP contribution >= 0.6 is 11.8 Å². The van der Waals surface area contributed by atoms with E-state index >= 15 is 0 Å². The number of amides is 2. The highest BCUT2D eigenvalue weighted by atomic mass is 32.2. The Morgan fingerprint density at radius 2 is 1.63 bits per heavy atom. The maximum atomic E-state index is 13.2. The minimum atomic E-state index is -0.691. The van der Waals surface area contributed by atoms with Gasteiger partial charge in [-0.3, -0.25) is 9.59 Å². The summed E-state index contributed by atoms with van der Waals surface area (Å²) in [6, 6.07) is 14.7. The number of carbonyl (C=O) groups excluding carboxylic acids is 2. The van der Waals surface area contributed by atoms with E-state index in [4.69, 9.17) is 5.73 Å². The van der Waals surface area contributed by atoms with Crippen molar-refractivity contribution in [1.29, 1.82) is 0 Å². The molecule has 5 nitrogen and oxygen atoms in total. The van der Waals surface area contributed by atoms with Crippen molar-refractivity contribution < 1.29 is 14.0 Å². The average Bonchev–Trinajstić information content (AvgIpc) is 2.72. The first-order valence-electron chi connectivity index (χ1n) is 9.33. The smallest absolute Gasteiger partial charge is 0.251 e. The van der Waals surface area contributed by atoms with E-state index in [9.17, 15) is 14.0 Å². The second kappa shape index (κ2) is 9.09. The predicted molar refractivity (Wildman–Crippen MR) is 117 cm³/mol. The number of nitrogens with one attached hydrogen (secondary N) is 1. The fourth-order valence-corrected chi connectivity index (χ4v) is 4.28. The van der Waals surface area contributed by atoms with Gasteiger partial charge >= 0.3 is 0 Å². The van der Waals surface area contributed by atoms with E-state index in [2.05, 4.69) is 10.3 Å². The number of hydrogen-bond acceptors (Lipinski definition) is 4. The van der Waals surface area contributed by atoms with Crippen LogP contribution in [0, 0.1) is 26.6 Å². The molecule has 3 N–H and O–H groups in total. The maximum absolute atomic E-state index is 13.2. The Morgan fingerprint density at radius 3 is 2.23 bits per heavy atom. The van der Waals surface area contributed by atoms with Crippen LogP contribution in [0.1, 0.15) is 38.0 Å². The number of thioether (sulfide) groups is 1. The number of anilines is 1. The molecule has 0 spiro atoms. The van der Waals surface area contributed by atoms with E-state index in [-0.39, 0.29) is 11.7 Å². The summed E-state index contributed by atoms with van der Waals surface area (Å²) in [5, 5.41) is 2.52. The Hall–Kier alpha value is -3.19. The Bertz CT molecular complexity index is 1090. The summed E-state index contributed by atoms with van der Waals surface area (Å²) in [6.07, 6.45) is 0. The van der Waals surface area contributed by atoms with E-state index in [0.29, 0.717) is 16.3 Å². The number of aryl methyl sites for hydroxylation is 1. The largest absolute Gasteiger partial charge is 0.366 e. The number of nitrogens with zero attached hydrogens (tertiary/aromatic N) is 1. The lowest BCUT2D eigenvalue weighted by atomic mass is 10.0. The molecule has 1 aromatic heterocycles. The molecular formula is C23H22FN3O2S. The predicted octanol–water partition coefficient (Wildman–Crippen LogP) is 4.72. The van der Waals surface area contributed by atoms with Gasteiger partial charge < -0.3 is 11.1 Å². The number of primary amides is 1. The molecule has 0 fully saturated rings. The number of hydrogen-bond donors (Lipinski definition) is 2. The third-order valence-corrected chi connectivity index (χ3v) is 6.13. The minimum Gasteiger partial charge on any atom is -0.366 e. The zero-order valence-electron chi connectivity index (χ0n) is 16.9. The lowest BCUT2D eigenvalue weighted by molar-refractivity contribution is -0.115. The van der Waals surface area contributed by atoms with Gasteiger partial charge in [-0.15, -0.1) is 0 Å². The Labute approximate surface area is 178 Å². The van der Waals surface area contributed by atoms with Gasteiger partial charge in [-0.1, -0.05) is 42.1 Å². The third kappa shape index (κ3) is 4.68. The Morgan fingerprint density at radius 1 is 1.00 bits per heavy atom. The molecule has 2 amide bonds. The van der Waals surface area contributed by atoms with Gasteiger partial charge in [0.2, 0.25) is 5.91 Å². The first-order valence-corrected chi connectivity index (χ1v) is 10.2. The maximum Gasteiger partial charge on any atom is 0.251 e. The topological polar surface area (TPSA) is 85.1 Å². The van der Waals surface area contributed by atoms with Crippen LogP contribution in [-0.2, 0) is 4.79 Å². The Balaban J connectivity index is 2.01. The number of pyridine rings is 1. The monoisotopic (exact) mass is 423 g/mol. The second-order valence-corrected chi connectivity index (χ2v) is 7.99. The quantitative estimate of drug-likeness (QED) is 0.562. The molecule has 2 aromatic carbocycles. The summed E-state index contributed by atoms with van der Waals surface area (Å²) in [6.45, 7) is 5.56. The van der Waals surface area contributed by atoms with E-state index < -0.39 is 11.2 Å². The molecule has 0 saturated heterocycles. The fourth-order valence-electron chi connectivity index (χ4n) is 3.04.